The molecule has 56 valence electrons. The highest BCUT2D eigenvalue weighted by molar-refractivity contribution is 5.89. The van der Waals surface area contributed by atoms with Crippen molar-refractivity contribution in [3.8, 4) is 0 Å². The van der Waals surface area contributed by atoms with E-state index in [-0.39, 0.29) is 0 Å². The quantitative estimate of drug-likeness (QED) is 0.576. The van der Waals surface area contributed by atoms with Gasteiger partial charge in [0.05, 0.1) is 5.71 Å². The molecular weight excluding hydrogens is 128 g/mol. The summed E-state index contributed by atoms with van der Waals surface area (Å²) in [5.41, 5.74) is 6.55. The van der Waals surface area contributed by atoms with Gasteiger partial charge in [-0.25, -0.2) is 0 Å². The molecular formula is C7H12N2O. The zero-order chi connectivity index (χ0) is 6.97. The zero-order valence-electron chi connectivity index (χ0n) is 5.92. The van der Waals surface area contributed by atoms with Gasteiger partial charge in [0.2, 0.25) is 0 Å². The highest BCUT2D eigenvalue weighted by Crippen LogP contribution is 2.33. The maximum Gasteiger partial charge on any atom is 0.135 e. The maximum atomic E-state index is 5.48. The summed E-state index contributed by atoms with van der Waals surface area (Å²) in [5, 5.41) is 3.93. The van der Waals surface area contributed by atoms with E-state index in [0.29, 0.717) is 18.6 Å². The van der Waals surface area contributed by atoms with Gasteiger partial charge in [0.15, 0.2) is 0 Å². The third kappa shape index (κ3) is 0.736. The van der Waals surface area contributed by atoms with Crippen LogP contribution in [0.4, 0.5) is 0 Å². The highest BCUT2D eigenvalue weighted by Gasteiger charge is 2.36. The number of hydrogen-bond donors (Lipinski definition) is 1. The summed E-state index contributed by atoms with van der Waals surface area (Å²) in [6.45, 7) is 0.571. The Morgan fingerprint density at radius 1 is 1.60 bits per heavy atom. The fourth-order valence-electron chi connectivity index (χ4n) is 1.83. The zero-order valence-corrected chi connectivity index (χ0v) is 5.92. The van der Waals surface area contributed by atoms with E-state index >= 15 is 0 Å². The number of nitrogens with two attached hydrogens (primary N) is 1. The molecule has 0 aromatic carbocycles. The lowest BCUT2D eigenvalue weighted by Gasteiger charge is -2.05. The van der Waals surface area contributed by atoms with E-state index in [0.717, 1.165) is 12.1 Å². The van der Waals surface area contributed by atoms with Gasteiger partial charge in [-0.3, -0.25) is 0 Å². The Bertz CT molecular complexity index is 167. The van der Waals surface area contributed by atoms with E-state index < -0.39 is 0 Å². The van der Waals surface area contributed by atoms with Crippen molar-refractivity contribution in [3.63, 3.8) is 0 Å². The van der Waals surface area contributed by atoms with Crippen LogP contribution in [0.5, 0.6) is 0 Å². The highest BCUT2D eigenvalue weighted by atomic mass is 16.6. The van der Waals surface area contributed by atoms with Gasteiger partial charge in [-0.2, -0.15) is 0 Å². The first kappa shape index (κ1) is 6.16. The molecule has 2 rings (SSSR count). The summed E-state index contributed by atoms with van der Waals surface area (Å²) in [6, 6.07) is 0. The maximum absolute atomic E-state index is 5.48. The molecule has 10 heavy (non-hydrogen) atoms. The smallest absolute Gasteiger partial charge is 0.135 e. The third-order valence-electron chi connectivity index (χ3n) is 2.40. The lowest BCUT2D eigenvalue weighted by molar-refractivity contribution is 0.0746. The van der Waals surface area contributed by atoms with Gasteiger partial charge in [-0.1, -0.05) is 5.16 Å². The predicted molar refractivity (Wildman–Crippen MR) is 38.7 cm³/mol. The molecule has 2 atom stereocenters. The minimum absolute atomic E-state index is 0.374. The van der Waals surface area contributed by atoms with Crippen molar-refractivity contribution in [2.24, 2.45) is 16.8 Å². The SMILES string of the molecule is NCC1=NOC2CCCC12. The molecule has 1 heterocycles. The first-order valence-corrected chi connectivity index (χ1v) is 3.84. The number of fused-ring (bicyclic) bond motifs is 1. The van der Waals surface area contributed by atoms with Crippen molar-refractivity contribution in [1.82, 2.24) is 0 Å². The molecule has 2 unspecified atom stereocenters. The van der Waals surface area contributed by atoms with E-state index in [2.05, 4.69) is 5.16 Å². The van der Waals surface area contributed by atoms with Crippen LogP contribution < -0.4 is 5.73 Å². The Kier molecular flexibility index (Phi) is 1.38. The molecule has 0 bridgehead atoms. The van der Waals surface area contributed by atoms with Gasteiger partial charge in [0.1, 0.15) is 6.10 Å². The van der Waals surface area contributed by atoms with Crippen LogP contribution in [0.25, 0.3) is 0 Å². The molecule has 0 aromatic heterocycles. The minimum atomic E-state index is 0.374. The molecule has 0 aromatic rings. The van der Waals surface area contributed by atoms with Gasteiger partial charge in [0, 0.05) is 12.5 Å². The Hall–Kier alpha value is -0.570. The molecule has 3 nitrogen and oxygen atoms in total. The molecule has 0 spiro atoms. The first-order chi connectivity index (χ1) is 4.92. The van der Waals surface area contributed by atoms with Crippen molar-refractivity contribution in [2.45, 2.75) is 25.4 Å². The molecule has 3 heteroatoms. The van der Waals surface area contributed by atoms with E-state index in [9.17, 15) is 0 Å². The Morgan fingerprint density at radius 2 is 2.50 bits per heavy atom. The van der Waals surface area contributed by atoms with Crippen molar-refractivity contribution in [3.05, 3.63) is 0 Å². The molecule has 0 saturated heterocycles. The predicted octanol–water partition coefficient (Wildman–Crippen LogP) is 0.500. The number of rotatable bonds is 1. The van der Waals surface area contributed by atoms with Crippen LogP contribution in [-0.4, -0.2) is 18.4 Å². The van der Waals surface area contributed by atoms with E-state index in [1.165, 1.54) is 12.8 Å². The first-order valence-electron chi connectivity index (χ1n) is 3.84. The minimum Gasteiger partial charge on any atom is -0.392 e. The molecule has 2 N–H and O–H groups in total. The number of nitrogens with zero attached hydrogens (tertiary/aromatic N) is 1. The van der Waals surface area contributed by atoms with Crippen molar-refractivity contribution >= 4 is 5.71 Å². The fraction of sp³-hybridized carbons (Fsp3) is 0.857. The van der Waals surface area contributed by atoms with Crippen LogP contribution in [0, 0.1) is 5.92 Å². The van der Waals surface area contributed by atoms with Crippen LogP contribution in [-0.2, 0) is 4.84 Å². The van der Waals surface area contributed by atoms with Crippen molar-refractivity contribution in [2.75, 3.05) is 6.54 Å². The van der Waals surface area contributed by atoms with E-state index in [4.69, 9.17) is 10.6 Å². The van der Waals surface area contributed by atoms with Crippen molar-refractivity contribution < 1.29 is 4.84 Å². The summed E-state index contributed by atoms with van der Waals surface area (Å²) in [7, 11) is 0. The van der Waals surface area contributed by atoms with Gasteiger partial charge in [0.25, 0.3) is 0 Å². The average Bonchev–Trinajstić information content (AvgIpc) is 2.44. The van der Waals surface area contributed by atoms with Crippen molar-refractivity contribution in [1.29, 1.82) is 0 Å². The summed E-state index contributed by atoms with van der Waals surface area (Å²) in [5.74, 6) is 0.560. The lowest BCUT2D eigenvalue weighted by atomic mass is 10.0. The van der Waals surface area contributed by atoms with Gasteiger partial charge in [-0.05, 0) is 19.3 Å². The monoisotopic (exact) mass is 140 g/mol. The second-order valence-corrected chi connectivity index (χ2v) is 2.97. The largest absolute Gasteiger partial charge is 0.392 e. The van der Waals surface area contributed by atoms with Crippen LogP contribution in [0.2, 0.25) is 0 Å². The Balaban J connectivity index is 2.10. The molecule has 1 aliphatic carbocycles. The summed E-state index contributed by atoms with van der Waals surface area (Å²) < 4.78 is 0. The van der Waals surface area contributed by atoms with Crippen LogP contribution in [0.15, 0.2) is 5.16 Å². The summed E-state index contributed by atoms with van der Waals surface area (Å²) >= 11 is 0. The average molecular weight is 140 g/mol. The van der Waals surface area contributed by atoms with Gasteiger partial charge in [-0.15, -0.1) is 0 Å². The molecule has 1 saturated carbocycles. The Labute approximate surface area is 60.2 Å². The summed E-state index contributed by atoms with van der Waals surface area (Å²) in [4.78, 5) is 5.19. The second kappa shape index (κ2) is 2.23. The van der Waals surface area contributed by atoms with Crippen LogP contribution in [0.1, 0.15) is 19.3 Å². The van der Waals surface area contributed by atoms with E-state index in [1.54, 1.807) is 0 Å². The second-order valence-electron chi connectivity index (χ2n) is 2.97. The summed E-state index contributed by atoms with van der Waals surface area (Å²) in [6.07, 6.45) is 4.03. The van der Waals surface area contributed by atoms with Gasteiger partial charge < -0.3 is 10.6 Å². The molecule has 0 amide bonds. The Morgan fingerprint density at radius 3 is 3.30 bits per heavy atom. The topological polar surface area (TPSA) is 47.6 Å². The molecule has 1 aliphatic heterocycles. The number of oxime groups is 1. The van der Waals surface area contributed by atoms with E-state index in [1.807, 2.05) is 0 Å². The van der Waals surface area contributed by atoms with Crippen LogP contribution >= 0.6 is 0 Å². The molecule has 1 fully saturated rings. The third-order valence-corrected chi connectivity index (χ3v) is 2.40. The van der Waals surface area contributed by atoms with Gasteiger partial charge >= 0.3 is 0 Å². The number of hydrogen-bond acceptors (Lipinski definition) is 3. The standard InChI is InChI=1S/C7H12N2O/c8-4-6-5-2-1-3-7(5)10-9-6/h5,7H,1-4,8H2. The molecule has 2 aliphatic rings. The lowest BCUT2D eigenvalue weighted by Crippen LogP contribution is -2.23. The normalized spacial score (nSPS) is 37.1. The fourth-order valence-corrected chi connectivity index (χ4v) is 1.83. The van der Waals surface area contributed by atoms with Crippen LogP contribution in [0.3, 0.4) is 0 Å². The molecule has 0 radical (unpaired) electrons.